The van der Waals surface area contributed by atoms with E-state index in [0.29, 0.717) is 0 Å². The summed E-state index contributed by atoms with van der Waals surface area (Å²) in [6, 6.07) is 87.8. The maximum Gasteiger partial charge on any atom is 0.138 e. The minimum atomic E-state index is 0.919. The molecule has 11 aromatic carbocycles. The third kappa shape index (κ3) is 7.12. The van der Waals surface area contributed by atoms with E-state index in [-0.39, 0.29) is 0 Å². The second-order valence-corrected chi connectivity index (χ2v) is 17.0. The monoisotopic (exact) mass is 829 g/mol. The zero-order chi connectivity index (χ0) is 43.3. The van der Waals surface area contributed by atoms with Gasteiger partial charge in [0.05, 0.1) is 0 Å². The largest absolute Gasteiger partial charge is 0.456 e. The number of fused-ring (bicyclic) bond motifs is 5. The fourth-order valence-corrected chi connectivity index (χ4v) is 9.56. The molecule has 0 amide bonds. The first-order valence-corrected chi connectivity index (χ1v) is 22.3. The first-order valence-electron chi connectivity index (χ1n) is 22.3. The third-order valence-corrected chi connectivity index (χ3v) is 13.1. The number of rotatable bonds is 8. The number of aryl methyl sites for hydroxylation is 1. The summed E-state index contributed by atoms with van der Waals surface area (Å²) in [5.74, 6) is 0.925. The van der Waals surface area contributed by atoms with Crippen LogP contribution in [0.1, 0.15) is 5.56 Å². The molecule has 0 spiro atoms. The van der Waals surface area contributed by atoms with E-state index in [1.807, 2.05) is 12.1 Å². The van der Waals surface area contributed by atoms with Crippen LogP contribution in [0.25, 0.3) is 99.1 Å². The summed E-state index contributed by atoms with van der Waals surface area (Å²) in [6.45, 7) is 2.14. The molecule has 0 atom stereocenters. The van der Waals surface area contributed by atoms with Crippen LogP contribution in [-0.2, 0) is 0 Å². The van der Waals surface area contributed by atoms with Crippen LogP contribution >= 0.6 is 0 Å². The molecule has 0 aliphatic rings. The molecule has 0 radical (unpaired) electrons. The molecular formula is C63H43NO. The van der Waals surface area contributed by atoms with Crippen LogP contribution in [0.2, 0.25) is 0 Å². The van der Waals surface area contributed by atoms with Crippen LogP contribution in [0.15, 0.2) is 247 Å². The first-order chi connectivity index (χ1) is 32.1. The van der Waals surface area contributed by atoms with Gasteiger partial charge in [0.1, 0.15) is 11.3 Å². The van der Waals surface area contributed by atoms with Crippen molar-refractivity contribution in [3.05, 3.63) is 248 Å². The molecule has 12 aromatic rings. The topological polar surface area (TPSA) is 16.4 Å². The van der Waals surface area contributed by atoms with E-state index in [4.69, 9.17) is 4.42 Å². The molecule has 0 saturated carbocycles. The third-order valence-electron chi connectivity index (χ3n) is 13.1. The Kier molecular flexibility index (Phi) is 9.43. The lowest BCUT2D eigenvalue weighted by Gasteiger charge is -2.26. The van der Waals surface area contributed by atoms with Gasteiger partial charge < -0.3 is 9.32 Å². The van der Waals surface area contributed by atoms with Gasteiger partial charge >= 0.3 is 0 Å². The Morgan fingerprint density at radius 1 is 0.277 bits per heavy atom. The summed E-state index contributed by atoms with van der Waals surface area (Å²) in [5.41, 5.74) is 15.9. The van der Waals surface area contributed by atoms with Crippen molar-refractivity contribution in [2.45, 2.75) is 6.92 Å². The molecular weight excluding hydrogens is 787 g/mol. The Morgan fingerprint density at radius 2 is 0.692 bits per heavy atom. The molecule has 0 bridgehead atoms. The maximum absolute atomic E-state index is 6.32. The highest BCUT2D eigenvalue weighted by Gasteiger charge is 2.16. The average Bonchev–Trinajstić information content (AvgIpc) is 3.72. The Balaban J connectivity index is 0.855. The fourth-order valence-electron chi connectivity index (χ4n) is 9.56. The smallest absolute Gasteiger partial charge is 0.138 e. The molecule has 306 valence electrons. The van der Waals surface area contributed by atoms with Gasteiger partial charge in [-0.05, 0) is 144 Å². The van der Waals surface area contributed by atoms with Gasteiger partial charge in [0.25, 0.3) is 0 Å². The van der Waals surface area contributed by atoms with E-state index in [1.54, 1.807) is 0 Å². The van der Waals surface area contributed by atoms with Crippen LogP contribution in [0.5, 0.6) is 0 Å². The van der Waals surface area contributed by atoms with Crippen LogP contribution in [-0.4, -0.2) is 0 Å². The summed E-state index contributed by atoms with van der Waals surface area (Å²) in [5, 5.41) is 8.73. The molecule has 0 N–H and O–H groups in total. The van der Waals surface area contributed by atoms with E-state index < -0.39 is 0 Å². The summed E-state index contributed by atoms with van der Waals surface area (Å²) in [7, 11) is 0. The van der Waals surface area contributed by atoms with Crippen LogP contribution in [0.3, 0.4) is 0 Å². The number of para-hydroxylation sites is 1. The Labute approximate surface area is 378 Å². The molecule has 1 heterocycles. The van der Waals surface area contributed by atoms with E-state index >= 15 is 0 Å². The summed E-state index contributed by atoms with van der Waals surface area (Å²) in [6.07, 6.45) is 0. The highest BCUT2D eigenvalue weighted by molar-refractivity contribution is 6.08. The van der Waals surface area contributed by atoms with E-state index in [0.717, 1.165) is 50.5 Å². The molecule has 0 aliphatic heterocycles. The lowest BCUT2D eigenvalue weighted by Crippen LogP contribution is -2.09. The van der Waals surface area contributed by atoms with Crippen molar-refractivity contribution in [1.82, 2.24) is 0 Å². The van der Waals surface area contributed by atoms with Crippen molar-refractivity contribution in [3.8, 4) is 55.8 Å². The average molecular weight is 830 g/mol. The zero-order valence-corrected chi connectivity index (χ0v) is 35.9. The Bertz CT molecular complexity index is 3690. The lowest BCUT2D eigenvalue weighted by atomic mass is 9.97. The molecule has 12 rings (SSSR count). The number of hydrogen-bond donors (Lipinski definition) is 0. The zero-order valence-electron chi connectivity index (χ0n) is 35.9. The normalized spacial score (nSPS) is 11.5. The minimum Gasteiger partial charge on any atom is -0.456 e. The van der Waals surface area contributed by atoms with Gasteiger partial charge in [-0.15, -0.1) is 0 Å². The van der Waals surface area contributed by atoms with E-state index in [1.165, 1.54) is 71.3 Å². The van der Waals surface area contributed by atoms with Crippen molar-refractivity contribution in [3.63, 3.8) is 0 Å². The quantitative estimate of drug-likeness (QED) is 0.142. The summed E-state index contributed by atoms with van der Waals surface area (Å²) >= 11 is 0. The number of benzene rings is 11. The Hall–Kier alpha value is -8.46. The van der Waals surface area contributed by atoms with Crippen LogP contribution in [0.4, 0.5) is 17.1 Å². The first kappa shape index (κ1) is 38.2. The van der Waals surface area contributed by atoms with Gasteiger partial charge in [0, 0.05) is 33.6 Å². The molecule has 2 heteroatoms. The molecule has 1 aromatic heterocycles. The van der Waals surface area contributed by atoms with Crippen LogP contribution in [0, 0.1) is 6.92 Å². The SMILES string of the molecule is Cc1c(-c2cccc(-c3ccc(-c4ccc(N(c5ccc(-c6ccc7ccccc7c6)cc5)c5ccc(-c6ccc7c(ccc8ccccc87)c6)cc5)cc4)cc3)c2)oc2ccccc12. The highest BCUT2D eigenvalue weighted by Crippen LogP contribution is 2.40. The molecule has 0 aliphatic carbocycles. The van der Waals surface area contributed by atoms with Crippen molar-refractivity contribution in [2.75, 3.05) is 4.90 Å². The Morgan fingerprint density at radius 3 is 1.32 bits per heavy atom. The molecule has 0 saturated heterocycles. The number of hydrogen-bond acceptors (Lipinski definition) is 2. The van der Waals surface area contributed by atoms with Gasteiger partial charge in [-0.1, -0.05) is 182 Å². The second kappa shape index (κ2) is 16.0. The predicted molar refractivity (Wildman–Crippen MR) is 275 cm³/mol. The standard InChI is InChI=1S/C63H43NO/c1-42-59-14-6-7-16-62(59)65-63(42)55-13-8-12-51(41-55)46-19-17-44(18-20-46)45-25-32-56(33-26-45)64(57-34-27-47(28-35-57)52-23-21-43-9-2-3-11-50(43)39-52)58-36-29-48(30-37-58)53-31-38-61-54(40-53)24-22-49-10-4-5-15-60(49)61/h2-41H,1H3. The van der Waals surface area contributed by atoms with Gasteiger partial charge in [-0.2, -0.15) is 0 Å². The molecule has 0 fully saturated rings. The second-order valence-electron chi connectivity index (χ2n) is 17.0. The lowest BCUT2D eigenvalue weighted by molar-refractivity contribution is 0.629. The number of furan rings is 1. The molecule has 2 nitrogen and oxygen atoms in total. The van der Waals surface area contributed by atoms with Crippen molar-refractivity contribution >= 4 is 60.3 Å². The summed E-state index contributed by atoms with van der Waals surface area (Å²) in [4.78, 5) is 2.35. The minimum absolute atomic E-state index is 0.919. The maximum atomic E-state index is 6.32. The van der Waals surface area contributed by atoms with E-state index in [2.05, 4.69) is 242 Å². The van der Waals surface area contributed by atoms with Gasteiger partial charge in [-0.25, -0.2) is 0 Å². The number of nitrogens with zero attached hydrogens (tertiary/aromatic N) is 1. The highest BCUT2D eigenvalue weighted by atomic mass is 16.3. The van der Waals surface area contributed by atoms with Gasteiger partial charge in [0.2, 0.25) is 0 Å². The molecule has 65 heavy (non-hydrogen) atoms. The van der Waals surface area contributed by atoms with Crippen molar-refractivity contribution in [2.24, 2.45) is 0 Å². The van der Waals surface area contributed by atoms with Gasteiger partial charge in [0.15, 0.2) is 0 Å². The predicted octanol–water partition coefficient (Wildman–Crippen LogP) is 18.0. The van der Waals surface area contributed by atoms with E-state index in [9.17, 15) is 0 Å². The summed E-state index contributed by atoms with van der Waals surface area (Å²) < 4.78 is 6.32. The van der Waals surface area contributed by atoms with Crippen LogP contribution < -0.4 is 4.90 Å². The molecule has 0 unspecified atom stereocenters. The van der Waals surface area contributed by atoms with Crippen molar-refractivity contribution < 1.29 is 4.42 Å². The van der Waals surface area contributed by atoms with Crippen molar-refractivity contribution in [1.29, 1.82) is 0 Å². The van der Waals surface area contributed by atoms with Gasteiger partial charge in [-0.3, -0.25) is 0 Å². The fraction of sp³-hybridized carbons (Fsp3) is 0.0159. The number of anilines is 3.